The van der Waals surface area contributed by atoms with Gasteiger partial charge in [0.05, 0.1) is 9.79 Å². The molecule has 2 atom stereocenters. The van der Waals surface area contributed by atoms with Crippen molar-refractivity contribution in [2.24, 2.45) is 0 Å². The predicted molar refractivity (Wildman–Crippen MR) is 287 cm³/mol. The number of hydrogen-bond donors (Lipinski definition) is 2. The Morgan fingerprint density at radius 1 is 0.681 bits per heavy atom. The first kappa shape index (κ1) is 55.6. The Hall–Kier alpha value is -5.67. The number of amides is 2. The van der Waals surface area contributed by atoms with Gasteiger partial charge in [-0.25, -0.2) is 16.8 Å². The number of carbonyl (C=O) groups is 2. The van der Waals surface area contributed by atoms with E-state index in [0.29, 0.717) is 27.4 Å². The molecule has 2 amide bonds. The minimum atomic E-state index is -4.11. The maximum Gasteiger partial charge on any atom is 0.249 e. The van der Waals surface area contributed by atoms with Crippen LogP contribution in [0.4, 0.5) is 11.6 Å². The fourth-order valence-corrected chi connectivity index (χ4v) is 13.4. The van der Waals surface area contributed by atoms with E-state index in [2.05, 4.69) is 107 Å². The van der Waals surface area contributed by atoms with Gasteiger partial charge in [0.15, 0.2) is 40.8 Å². The summed E-state index contributed by atoms with van der Waals surface area (Å²) >= 11 is 11.7. The molecule has 3 heterocycles. The molecule has 380 valence electrons. The lowest BCUT2D eigenvalue weighted by Gasteiger charge is -2.27. The molecule has 2 aromatic heterocycles. The molecule has 0 bridgehead atoms. The molecule has 8 rings (SSSR count). The number of rotatable bonds is 12. The maximum atomic E-state index is 13.1. The number of aliphatic hydroxyl groups excluding tert-OH is 1. The van der Waals surface area contributed by atoms with E-state index in [1.54, 1.807) is 12.1 Å². The number of aromatic nitrogens is 2. The molecule has 1 saturated heterocycles. The number of sulfone groups is 2. The van der Waals surface area contributed by atoms with E-state index in [0.717, 1.165) is 0 Å². The summed E-state index contributed by atoms with van der Waals surface area (Å²) in [6.45, 7) is 14.2. The van der Waals surface area contributed by atoms with Crippen molar-refractivity contribution in [2.75, 3.05) is 23.4 Å². The van der Waals surface area contributed by atoms with Crippen molar-refractivity contribution in [3.63, 3.8) is 0 Å². The molecule has 2 N–H and O–H groups in total. The van der Waals surface area contributed by atoms with Crippen molar-refractivity contribution in [3.05, 3.63) is 173 Å². The molecule has 0 spiro atoms. The number of aliphatic hydroxyl groups is 1. The normalized spacial score (nSPS) is 16.0. The summed E-state index contributed by atoms with van der Waals surface area (Å²) in [6, 6.07) is 46.9. The minimum Gasteiger partial charge on any atom is -0.396 e. The highest BCUT2D eigenvalue weighted by Crippen LogP contribution is 2.39. The van der Waals surface area contributed by atoms with Gasteiger partial charge in [-0.15, -0.1) is 0 Å². The SMILES string of the molecule is CC(C)(C)c1cc(N2CCC(C)(S(=O)(=O)c3ccc(Cl)cc3)C2=O)no1.CC(C)(C)c1cc(NC(=O)C(C)(CCO)S(=O)(=O)c2ccc(Cl)cc2)no1.c1ccc(P(c2ccccc2)c2ccccc2)cc1. The summed E-state index contributed by atoms with van der Waals surface area (Å²) in [4.78, 5) is 27.3. The number of hydrogen-bond acceptors (Lipinski definition) is 11. The highest BCUT2D eigenvalue weighted by atomic mass is 35.5. The number of nitrogens with one attached hydrogen (secondary N) is 1. The van der Waals surface area contributed by atoms with Gasteiger partial charge in [0.1, 0.15) is 11.5 Å². The molecule has 18 heteroatoms. The van der Waals surface area contributed by atoms with Gasteiger partial charge in [-0.2, -0.15) is 0 Å². The van der Waals surface area contributed by atoms with Crippen LogP contribution in [-0.2, 0) is 40.1 Å². The Labute approximate surface area is 433 Å². The third kappa shape index (κ3) is 12.4. The fraction of sp³-hybridized carbons (Fsp3) is 0.296. The van der Waals surface area contributed by atoms with E-state index in [9.17, 15) is 31.5 Å². The third-order valence-electron chi connectivity index (χ3n) is 12.1. The van der Waals surface area contributed by atoms with E-state index in [4.69, 9.17) is 32.2 Å². The van der Waals surface area contributed by atoms with Crippen molar-refractivity contribution in [2.45, 2.75) is 98.3 Å². The van der Waals surface area contributed by atoms with E-state index < -0.39 is 55.5 Å². The first-order valence-corrected chi connectivity index (χ1v) is 28.0. The smallest absolute Gasteiger partial charge is 0.249 e. The highest BCUT2D eigenvalue weighted by Gasteiger charge is 2.54. The average molecular weight is 1070 g/mol. The number of nitrogens with zero attached hydrogens (tertiary/aromatic N) is 3. The second kappa shape index (κ2) is 22.6. The zero-order valence-corrected chi connectivity index (χ0v) is 45.4. The van der Waals surface area contributed by atoms with Gasteiger partial charge in [-0.05, 0) is 99.1 Å². The van der Waals surface area contributed by atoms with Crippen molar-refractivity contribution in [3.8, 4) is 0 Å². The predicted octanol–water partition coefficient (Wildman–Crippen LogP) is 10.2. The third-order valence-corrected chi connectivity index (χ3v) is 19.9. The summed E-state index contributed by atoms with van der Waals surface area (Å²) in [5.41, 5.74) is -0.577. The molecule has 0 aliphatic carbocycles. The monoisotopic (exact) mass is 1070 g/mol. The second-order valence-electron chi connectivity index (χ2n) is 19.5. The van der Waals surface area contributed by atoms with Gasteiger partial charge in [-0.1, -0.05) is 166 Å². The first-order chi connectivity index (χ1) is 33.8. The largest absolute Gasteiger partial charge is 0.396 e. The molecular formula is C54H59Cl2N4O9PS2. The van der Waals surface area contributed by atoms with Crippen molar-refractivity contribution < 1.29 is 40.6 Å². The van der Waals surface area contributed by atoms with Crippen LogP contribution >= 0.6 is 31.1 Å². The van der Waals surface area contributed by atoms with Crippen LogP contribution in [0.25, 0.3) is 0 Å². The fourth-order valence-electron chi connectivity index (χ4n) is 7.48. The molecule has 1 aliphatic rings. The van der Waals surface area contributed by atoms with Crippen LogP contribution in [0, 0.1) is 0 Å². The second-order valence-corrected chi connectivity index (χ2v) is 27.3. The maximum absolute atomic E-state index is 13.1. The van der Waals surface area contributed by atoms with E-state index >= 15 is 0 Å². The summed E-state index contributed by atoms with van der Waals surface area (Å²) in [7, 11) is -8.43. The number of anilines is 2. The Morgan fingerprint density at radius 3 is 1.53 bits per heavy atom. The van der Waals surface area contributed by atoms with Crippen molar-refractivity contribution >= 4 is 90.2 Å². The number of benzene rings is 5. The summed E-state index contributed by atoms with van der Waals surface area (Å²) in [5.74, 6) is 0.327. The van der Waals surface area contributed by atoms with Crippen LogP contribution in [-0.4, -0.2) is 66.7 Å². The summed E-state index contributed by atoms with van der Waals surface area (Å²) < 4.78 is 59.4. The Morgan fingerprint density at radius 2 is 1.11 bits per heavy atom. The minimum absolute atomic E-state index is 0.0615. The quantitative estimate of drug-likeness (QED) is 0.111. The summed E-state index contributed by atoms with van der Waals surface area (Å²) in [6.07, 6.45) is -0.109. The van der Waals surface area contributed by atoms with Crippen LogP contribution < -0.4 is 26.1 Å². The molecule has 1 aliphatic heterocycles. The van der Waals surface area contributed by atoms with Gasteiger partial charge in [-0.3, -0.25) is 14.5 Å². The zero-order valence-electron chi connectivity index (χ0n) is 41.3. The molecule has 5 aromatic carbocycles. The van der Waals surface area contributed by atoms with Gasteiger partial charge in [0.2, 0.25) is 11.8 Å². The molecule has 0 saturated carbocycles. The highest BCUT2D eigenvalue weighted by molar-refractivity contribution is 7.94. The Kier molecular flexibility index (Phi) is 17.5. The molecule has 72 heavy (non-hydrogen) atoms. The van der Waals surface area contributed by atoms with E-state index in [1.165, 1.54) is 83.2 Å². The van der Waals surface area contributed by atoms with Gasteiger partial charge in [0, 0.05) is 46.2 Å². The van der Waals surface area contributed by atoms with Gasteiger partial charge >= 0.3 is 0 Å². The number of carbonyl (C=O) groups excluding carboxylic acids is 2. The first-order valence-electron chi connectivity index (χ1n) is 23.0. The van der Waals surface area contributed by atoms with Crippen LogP contribution in [0.15, 0.2) is 170 Å². The summed E-state index contributed by atoms with van der Waals surface area (Å²) in [5, 5.41) is 24.6. The molecule has 0 radical (unpaired) electrons. The topological polar surface area (TPSA) is 190 Å². The standard InChI is InChI=1S/C18H23ClN2O5S.C18H21ClN2O4S.C18H15P/c1-17(2,3)14-11-15(21-26-14)20-16(23)18(4,9-10-22)27(24,25)13-7-5-12(19)6-8-13;1-17(2,3)14-11-15(20-25-14)21-10-9-18(4,16(21)22)26(23,24)13-7-5-12(19)6-8-13;1-4-10-16(11-5-1)19(17-12-6-2-7-13-17)18-14-8-3-9-15-18/h5-8,11,22H,9-10H2,1-4H3,(H,20,21,23);5-8,11H,9-10H2,1-4H3;1-15H. The van der Waals surface area contributed by atoms with E-state index in [-0.39, 0.29) is 45.8 Å². The van der Waals surface area contributed by atoms with Crippen LogP contribution in [0.2, 0.25) is 10.0 Å². The number of halogens is 2. The molecular weight excluding hydrogens is 1010 g/mol. The average Bonchev–Trinajstić information content (AvgIpc) is 4.11. The van der Waals surface area contributed by atoms with Gasteiger partial charge in [0.25, 0.3) is 0 Å². The van der Waals surface area contributed by atoms with Crippen LogP contribution in [0.5, 0.6) is 0 Å². The Balaban J connectivity index is 0.000000179. The lowest BCUT2D eigenvalue weighted by Crippen LogP contribution is -2.48. The van der Waals surface area contributed by atoms with E-state index in [1.807, 2.05) is 41.5 Å². The zero-order chi connectivity index (χ0) is 52.7. The molecule has 1 fully saturated rings. The Bertz CT molecular complexity index is 3070. The van der Waals surface area contributed by atoms with Crippen LogP contribution in [0.3, 0.4) is 0 Å². The van der Waals surface area contributed by atoms with Crippen LogP contribution in [0.1, 0.15) is 79.8 Å². The lowest BCUT2D eigenvalue weighted by atomic mass is 9.93. The molecule has 7 aromatic rings. The van der Waals surface area contributed by atoms with Crippen molar-refractivity contribution in [1.82, 2.24) is 10.3 Å². The van der Waals surface area contributed by atoms with Crippen molar-refractivity contribution in [1.29, 1.82) is 0 Å². The van der Waals surface area contributed by atoms with Gasteiger partial charge < -0.3 is 19.5 Å². The lowest BCUT2D eigenvalue weighted by molar-refractivity contribution is -0.119. The molecule has 2 unspecified atom stereocenters. The molecule has 13 nitrogen and oxygen atoms in total.